The Kier molecular flexibility index (Phi) is 23.7. The Labute approximate surface area is 538 Å². The van der Waals surface area contributed by atoms with Crippen LogP contribution in [0.15, 0.2) is 60.4 Å². The van der Waals surface area contributed by atoms with Crippen molar-refractivity contribution in [2.24, 2.45) is 0 Å². The molecule has 0 radical (unpaired) electrons. The summed E-state index contributed by atoms with van der Waals surface area (Å²) in [6, 6.07) is 7.70. The Morgan fingerprint density at radius 3 is 2.18 bits per heavy atom. The van der Waals surface area contributed by atoms with Crippen LogP contribution >= 0.6 is 6.72 Å². The number of imidazole rings is 2. The van der Waals surface area contributed by atoms with E-state index in [1.54, 1.807) is 30.3 Å². The number of aliphatic hydroxyl groups is 1. The van der Waals surface area contributed by atoms with Gasteiger partial charge in [-0.05, 0) is 67.9 Å². The summed E-state index contributed by atoms with van der Waals surface area (Å²) in [4.78, 5) is 112. The van der Waals surface area contributed by atoms with E-state index in [4.69, 9.17) is 53.5 Å². The fourth-order valence-corrected chi connectivity index (χ4v) is 13.9. The second-order valence-electron chi connectivity index (χ2n) is 25.0. The molecule has 3 fully saturated rings. The van der Waals surface area contributed by atoms with E-state index in [9.17, 15) is 51.8 Å². The van der Waals surface area contributed by atoms with Crippen molar-refractivity contribution in [1.29, 1.82) is 0 Å². The molecule has 5 aromatic rings. The fraction of sp³-hybridized carbons (Fsp3) is 0.607. The first-order valence-corrected chi connectivity index (χ1v) is 39.0. The van der Waals surface area contributed by atoms with Gasteiger partial charge in [-0.25, -0.2) is 34.1 Å². The van der Waals surface area contributed by atoms with Gasteiger partial charge in [-0.3, -0.25) is 42.2 Å². The maximum Gasteiger partial charge on any atom is 0.471 e. The van der Waals surface area contributed by atoms with Gasteiger partial charge in [0.2, 0.25) is 5.91 Å². The van der Waals surface area contributed by atoms with Gasteiger partial charge < -0.3 is 67.9 Å². The normalized spacial score (nSPS) is 22.6. The van der Waals surface area contributed by atoms with Gasteiger partial charge in [-0.1, -0.05) is 58.6 Å². The van der Waals surface area contributed by atoms with Crippen molar-refractivity contribution in [3.05, 3.63) is 71.6 Å². The van der Waals surface area contributed by atoms with Gasteiger partial charge in [0, 0.05) is 26.6 Å². The minimum atomic E-state index is -5.26. The monoisotopic (exact) mass is 1380 g/mol. The summed E-state index contributed by atoms with van der Waals surface area (Å²) < 4.78 is 119. The molecule has 8 rings (SSSR count). The van der Waals surface area contributed by atoms with Crippen LogP contribution in [0.1, 0.15) is 76.2 Å². The minimum absolute atomic E-state index is 0.00859. The summed E-state index contributed by atoms with van der Waals surface area (Å²) in [5, 5.41) is 18.1. The number of aliphatic hydroxyl groups excluding tert-OH is 1. The van der Waals surface area contributed by atoms with Crippen molar-refractivity contribution in [3.63, 3.8) is 0 Å². The number of nitrogens with zero attached hydrogens (tertiary/aromatic N) is 9. The number of fused-ring (bicyclic) bond motifs is 2. The summed E-state index contributed by atoms with van der Waals surface area (Å²) in [6.45, 7) is 9.48. The highest BCUT2D eigenvalue weighted by Gasteiger charge is 2.56. The third-order valence-corrected chi connectivity index (χ3v) is 24.4. The van der Waals surface area contributed by atoms with Crippen molar-refractivity contribution in [3.8, 4) is 0 Å². The average molecular weight is 1390 g/mol. The standard InChI is InChI=1S/C56H77F4N12O17PSSi2/c1-33(74)17-18-39(76)87-43-37(86-51(40(43)57)71-30-64-41-46(62-28-63-47(41)71)68-49(77)34-14-11-10-12-15-34)27-84-90(91,83-26-35-16-13-19-70(35)53(79)56(58,59)60)88-45-44(89-93(8,9)55(2,3)4)36(25-73)85-52(45)72-31-65-42-48(72)66-29-69(50(42)78)20-21-81-32-67-38(75)24-61-54(80)82-22-23-92(5,6)7/h10-12,14-15,28-31,35-37,40,43-45,51-52,73H,13,16-27,32H2,1-9H3,(H,61,80)(H,67,75)(H,62,63,68,77)/t35-,36-,37-,40-,43-,44-,45-,51-,52-,90-/m1/s1. The van der Waals surface area contributed by atoms with Crippen molar-refractivity contribution < 1.29 is 93.1 Å². The lowest BCUT2D eigenvalue weighted by atomic mass is 10.1. The number of carbonyl (C=O) groups is 6. The average Bonchev–Trinajstić information content (AvgIpc) is 1.62. The number of anilines is 1. The van der Waals surface area contributed by atoms with Crippen LogP contribution in [0.5, 0.6) is 0 Å². The van der Waals surface area contributed by atoms with Gasteiger partial charge in [-0.2, -0.15) is 13.2 Å². The molecule has 4 amide bonds. The lowest BCUT2D eigenvalue weighted by molar-refractivity contribution is -0.186. The molecule has 4 N–H and O–H groups in total. The van der Waals surface area contributed by atoms with Gasteiger partial charge in [0.1, 0.15) is 56.1 Å². The summed E-state index contributed by atoms with van der Waals surface area (Å²) in [5.41, 5.74) is -0.651. The molecule has 29 nitrogen and oxygen atoms in total. The van der Waals surface area contributed by atoms with Crippen molar-refractivity contribution >= 4 is 98.6 Å². The molecule has 37 heteroatoms. The molecule has 510 valence electrons. The zero-order valence-corrected chi connectivity index (χ0v) is 56.4. The molecule has 0 unspecified atom stereocenters. The first kappa shape index (κ1) is 72.3. The number of nitrogens with one attached hydrogen (secondary N) is 3. The summed E-state index contributed by atoms with van der Waals surface area (Å²) in [7, 11) is -4.41. The summed E-state index contributed by atoms with van der Waals surface area (Å²) in [6.07, 6.45) is -14.9. The lowest BCUT2D eigenvalue weighted by Gasteiger charge is -2.41. The maximum atomic E-state index is 17.4. The summed E-state index contributed by atoms with van der Waals surface area (Å²) >= 11 is 6.19. The van der Waals surface area contributed by atoms with E-state index >= 15 is 4.39 Å². The quantitative estimate of drug-likeness (QED) is 0.0109. The first-order chi connectivity index (χ1) is 43.8. The number of ether oxygens (including phenoxy) is 5. The number of likely N-dealkylation sites (tertiary alicyclic amines) is 1. The number of amides is 4. The number of hydrogen-bond acceptors (Lipinski definition) is 23. The van der Waals surface area contributed by atoms with E-state index in [1.807, 2.05) is 33.9 Å². The van der Waals surface area contributed by atoms with Crippen LogP contribution in [0.2, 0.25) is 43.8 Å². The molecule has 93 heavy (non-hydrogen) atoms. The highest BCUT2D eigenvalue weighted by atomic mass is 32.5. The highest BCUT2D eigenvalue weighted by Crippen LogP contribution is 2.56. The molecule has 3 aliphatic heterocycles. The molecule has 10 atom stereocenters. The molecule has 0 bridgehead atoms. The Bertz CT molecular complexity index is 3600. The van der Waals surface area contributed by atoms with Crippen LogP contribution in [0, 0.1) is 0 Å². The maximum absolute atomic E-state index is 17.4. The van der Waals surface area contributed by atoms with Crippen LogP contribution in [-0.2, 0) is 79.2 Å². The largest absolute Gasteiger partial charge is 0.471 e. The molecule has 7 heterocycles. The second-order valence-corrected chi connectivity index (χ2v) is 38.4. The van der Waals surface area contributed by atoms with Crippen LogP contribution in [0.4, 0.5) is 28.2 Å². The number of Topliss-reactive ketones (excluding diaryl/α,β-unsaturated/α-hetero) is 1. The van der Waals surface area contributed by atoms with E-state index in [1.165, 1.54) is 28.7 Å². The van der Waals surface area contributed by atoms with Gasteiger partial charge >= 0.3 is 30.9 Å². The van der Waals surface area contributed by atoms with E-state index in [0.29, 0.717) is 4.90 Å². The number of alkyl carbamates (subject to hydrolysis) is 1. The van der Waals surface area contributed by atoms with E-state index in [0.717, 1.165) is 23.3 Å². The molecule has 0 aliphatic carbocycles. The van der Waals surface area contributed by atoms with Gasteiger partial charge in [-0.15, -0.1) is 0 Å². The third kappa shape index (κ3) is 18.3. The summed E-state index contributed by atoms with van der Waals surface area (Å²) in [5.74, 6) is -4.67. The molecular formula is C56H77F4N12O17PSSi2. The molecule has 3 saturated heterocycles. The van der Waals surface area contributed by atoms with Gasteiger partial charge in [0.15, 0.2) is 61.2 Å². The van der Waals surface area contributed by atoms with Crippen LogP contribution < -0.4 is 21.5 Å². The smallest absolute Gasteiger partial charge is 0.456 e. The number of carbonyl (C=O) groups excluding carboxylic acids is 6. The number of halogens is 4. The van der Waals surface area contributed by atoms with Crippen LogP contribution in [-0.4, -0.2) is 202 Å². The molecule has 0 spiro atoms. The van der Waals surface area contributed by atoms with Crippen molar-refractivity contribution in [1.82, 2.24) is 54.2 Å². The van der Waals surface area contributed by atoms with Crippen molar-refractivity contribution in [2.75, 3.05) is 58.2 Å². The van der Waals surface area contributed by atoms with Crippen molar-refractivity contribution in [2.45, 2.75) is 165 Å². The second kappa shape index (κ2) is 30.4. The zero-order chi connectivity index (χ0) is 67.8. The number of rotatable bonds is 29. The molecule has 4 aromatic heterocycles. The number of esters is 1. The number of alkyl halides is 4. The van der Waals surface area contributed by atoms with Crippen LogP contribution in [0.25, 0.3) is 22.3 Å². The van der Waals surface area contributed by atoms with Gasteiger partial charge in [0.05, 0.1) is 64.7 Å². The number of ketones is 1. The Hall–Kier alpha value is -6.58. The Morgan fingerprint density at radius 2 is 1.51 bits per heavy atom. The molecular weight excluding hydrogens is 1310 g/mol. The minimum Gasteiger partial charge on any atom is -0.456 e. The Balaban J connectivity index is 1.09. The fourth-order valence-electron chi connectivity index (χ4n) is 9.83. The predicted molar refractivity (Wildman–Crippen MR) is 331 cm³/mol. The highest BCUT2D eigenvalue weighted by molar-refractivity contribution is 8.07. The SMILES string of the molecule is CC(=O)CCC(=O)O[C@H]1[C@@H](F)[C@H](n2cnc3c(NC(=O)c4ccccc4)ncnc32)O[C@@H]1CO[P@](=S)(OC[C@H]1CCCN1C(=O)C(F)(F)F)O[C@@H]1[C@H](O[Si](C)(C)C(C)(C)C)[C@@H](CO)O[C@H]1n1cnc2c(=O)n(CCOCNC(=O)CNC(=O)OCC[Si](C)(C)C)cnc21. The Morgan fingerprint density at radius 1 is 0.828 bits per heavy atom. The topological polar surface area (TPSA) is 341 Å². The van der Waals surface area contributed by atoms with E-state index in [2.05, 4.69) is 60.5 Å². The van der Waals surface area contributed by atoms with Crippen LogP contribution in [0.3, 0.4) is 0 Å². The number of benzene rings is 1. The van der Waals surface area contributed by atoms with Gasteiger partial charge in [0.25, 0.3) is 11.5 Å². The number of hydrogen-bond donors (Lipinski definition) is 4. The molecule has 3 aliphatic rings. The van der Waals surface area contributed by atoms with E-state index in [-0.39, 0.29) is 98.3 Å². The molecule has 1 aromatic carbocycles. The predicted octanol–water partition coefficient (Wildman–Crippen LogP) is 5.83. The number of aromatic nitrogens is 8. The first-order valence-electron chi connectivity index (χ1n) is 29.9. The molecule has 0 saturated carbocycles. The van der Waals surface area contributed by atoms with E-state index < -0.39 is 151 Å². The zero-order valence-electron chi connectivity index (χ0n) is 52.7. The third-order valence-electron chi connectivity index (χ3n) is 15.9. The lowest BCUT2D eigenvalue weighted by Crippen LogP contribution is -2.50.